The van der Waals surface area contributed by atoms with Crippen LogP contribution in [0.25, 0.3) is 33.1 Å². The molecule has 3 heterocycles. The quantitative estimate of drug-likeness (QED) is 0.440. The Morgan fingerprint density at radius 3 is 2.75 bits per heavy atom. The number of hydrogen-bond acceptors (Lipinski definition) is 5. The lowest BCUT2D eigenvalue weighted by Crippen LogP contribution is -2.32. The molecule has 0 aliphatic carbocycles. The van der Waals surface area contributed by atoms with Gasteiger partial charge in [0.1, 0.15) is 5.69 Å². The van der Waals surface area contributed by atoms with E-state index in [1.165, 1.54) is 12.5 Å². The Balaban J connectivity index is 1.41. The summed E-state index contributed by atoms with van der Waals surface area (Å²) in [5.74, 6) is -0.140. The van der Waals surface area contributed by atoms with Crippen molar-refractivity contribution in [1.29, 1.82) is 0 Å². The molecule has 4 aromatic rings. The predicted octanol–water partition coefficient (Wildman–Crippen LogP) is 3.52. The van der Waals surface area contributed by atoms with Crippen molar-refractivity contribution in [2.45, 2.75) is 19.0 Å². The van der Waals surface area contributed by atoms with Crippen molar-refractivity contribution in [3.8, 4) is 11.3 Å². The van der Waals surface area contributed by atoms with Gasteiger partial charge in [0, 0.05) is 35.5 Å². The van der Waals surface area contributed by atoms with Gasteiger partial charge in [0.2, 0.25) is 0 Å². The molecular formula is C25H28N6O. The minimum absolute atomic E-state index is 0.140. The molecule has 1 fully saturated rings. The van der Waals surface area contributed by atoms with Crippen LogP contribution in [0.3, 0.4) is 0 Å². The lowest BCUT2D eigenvalue weighted by Gasteiger charge is -2.20. The van der Waals surface area contributed by atoms with Gasteiger partial charge in [-0.25, -0.2) is 0 Å². The molecule has 7 nitrogen and oxygen atoms in total. The molecule has 0 N–H and O–H groups in total. The molecule has 32 heavy (non-hydrogen) atoms. The molecule has 1 saturated heterocycles. The fourth-order valence-corrected chi connectivity index (χ4v) is 4.68. The first-order chi connectivity index (χ1) is 15.5. The van der Waals surface area contributed by atoms with Crippen LogP contribution in [0.15, 0.2) is 61.3 Å². The van der Waals surface area contributed by atoms with Gasteiger partial charge in [-0.05, 0) is 45.3 Å². The Morgan fingerprint density at radius 1 is 1.16 bits per heavy atom. The van der Waals surface area contributed by atoms with Crippen molar-refractivity contribution in [2.24, 2.45) is 0 Å². The Morgan fingerprint density at radius 2 is 1.97 bits per heavy atom. The zero-order chi connectivity index (χ0) is 22.2. The van der Waals surface area contributed by atoms with Crippen LogP contribution in [0, 0.1) is 0 Å². The number of rotatable bonds is 6. The van der Waals surface area contributed by atoms with Crippen molar-refractivity contribution in [3.05, 3.63) is 61.3 Å². The van der Waals surface area contributed by atoms with Crippen LogP contribution in [0.4, 0.5) is 0 Å². The van der Waals surface area contributed by atoms with Gasteiger partial charge in [-0.1, -0.05) is 42.1 Å². The standard InChI is InChI=1S/C25H28N6O/c1-4-25(32)31-23-8-6-5-7-20(23)21-10-9-18(15-24(21)31)22-17-30(27-26-22)14-13-29-12-11-19(16-29)28(2)3/h4-10,15,17,19H,1,11-14,16H2,2-3H3. The van der Waals surface area contributed by atoms with E-state index in [0.717, 1.165) is 59.2 Å². The van der Waals surface area contributed by atoms with E-state index in [1.807, 2.05) is 47.3 Å². The Labute approximate surface area is 187 Å². The lowest BCUT2D eigenvalue weighted by atomic mass is 10.1. The molecule has 0 amide bonds. The highest BCUT2D eigenvalue weighted by molar-refractivity contribution is 6.15. The van der Waals surface area contributed by atoms with Gasteiger partial charge < -0.3 is 4.90 Å². The molecule has 5 rings (SSSR count). The second kappa shape index (κ2) is 8.33. The number of allylic oxidation sites excluding steroid dienone is 1. The summed E-state index contributed by atoms with van der Waals surface area (Å²) < 4.78 is 3.63. The lowest BCUT2D eigenvalue weighted by molar-refractivity contribution is 0.0978. The summed E-state index contributed by atoms with van der Waals surface area (Å²) in [5, 5.41) is 10.8. The maximum Gasteiger partial charge on any atom is 0.254 e. The van der Waals surface area contributed by atoms with Crippen LogP contribution in [0.5, 0.6) is 0 Å². The molecule has 0 spiro atoms. The molecule has 0 radical (unpaired) electrons. The highest BCUT2D eigenvalue weighted by Crippen LogP contribution is 2.32. The summed E-state index contributed by atoms with van der Waals surface area (Å²) in [5.41, 5.74) is 3.49. The van der Waals surface area contributed by atoms with Crippen LogP contribution < -0.4 is 0 Å². The second-order valence-corrected chi connectivity index (χ2v) is 8.70. The number of benzene rings is 2. The smallest absolute Gasteiger partial charge is 0.254 e. The normalized spacial score (nSPS) is 17.0. The first-order valence-electron chi connectivity index (χ1n) is 11.0. The van der Waals surface area contributed by atoms with Gasteiger partial charge >= 0.3 is 0 Å². The summed E-state index contributed by atoms with van der Waals surface area (Å²) in [6.45, 7) is 7.69. The maximum atomic E-state index is 12.6. The summed E-state index contributed by atoms with van der Waals surface area (Å²) in [4.78, 5) is 17.4. The second-order valence-electron chi connectivity index (χ2n) is 8.70. The van der Waals surface area contributed by atoms with Gasteiger partial charge in [0.25, 0.3) is 5.91 Å². The monoisotopic (exact) mass is 428 g/mol. The van der Waals surface area contributed by atoms with Gasteiger partial charge in [-0.15, -0.1) is 5.10 Å². The average molecular weight is 429 g/mol. The van der Waals surface area contributed by atoms with E-state index in [4.69, 9.17) is 0 Å². The molecule has 0 bridgehead atoms. The molecule has 1 aliphatic rings. The maximum absolute atomic E-state index is 12.6. The number of likely N-dealkylation sites (tertiary alicyclic amines) is 1. The fraction of sp³-hybridized carbons (Fsp3) is 0.320. The van der Waals surface area contributed by atoms with Crippen molar-refractivity contribution >= 4 is 27.7 Å². The van der Waals surface area contributed by atoms with Crippen LogP contribution in [-0.2, 0) is 6.54 Å². The zero-order valence-electron chi connectivity index (χ0n) is 18.6. The Hall–Kier alpha value is -3.29. The highest BCUT2D eigenvalue weighted by Gasteiger charge is 2.23. The number of nitrogens with zero attached hydrogens (tertiary/aromatic N) is 6. The topological polar surface area (TPSA) is 59.2 Å². The fourth-order valence-electron chi connectivity index (χ4n) is 4.68. The largest absolute Gasteiger partial charge is 0.305 e. The number of likely N-dealkylation sites (N-methyl/N-ethyl adjacent to an activating group) is 1. The molecule has 164 valence electrons. The summed E-state index contributed by atoms with van der Waals surface area (Å²) >= 11 is 0. The third kappa shape index (κ3) is 3.63. The van der Waals surface area contributed by atoms with E-state index in [2.05, 4.69) is 46.9 Å². The molecule has 1 atom stereocenters. The van der Waals surface area contributed by atoms with Gasteiger partial charge in [0.05, 0.1) is 23.8 Å². The third-order valence-corrected chi connectivity index (χ3v) is 6.53. The minimum atomic E-state index is -0.140. The minimum Gasteiger partial charge on any atom is -0.305 e. The van der Waals surface area contributed by atoms with E-state index in [0.29, 0.717) is 6.04 Å². The number of fused-ring (bicyclic) bond motifs is 3. The molecule has 2 aromatic heterocycles. The van der Waals surface area contributed by atoms with E-state index >= 15 is 0 Å². The predicted molar refractivity (Wildman–Crippen MR) is 128 cm³/mol. The first kappa shape index (κ1) is 20.6. The number of carbonyl (C=O) groups is 1. The number of hydrogen-bond donors (Lipinski definition) is 0. The van der Waals surface area contributed by atoms with Gasteiger partial charge in [-0.3, -0.25) is 18.9 Å². The van der Waals surface area contributed by atoms with Crippen molar-refractivity contribution in [3.63, 3.8) is 0 Å². The van der Waals surface area contributed by atoms with E-state index in [9.17, 15) is 4.79 Å². The SMILES string of the molecule is C=CC(=O)n1c2ccccc2c2ccc(-c3cn(CCN4CCC(N(C)C)C4)nn3)cc21. The van der Waals surface area contributed by atoms with Crippen LogP contribution in [0.1, 0.15) is 11.2 Å². The highest BCUT2D eigenvalue weighted by atomic mass is 16.1. The van der Waals surface area contributed by atoms with Crippen molar-refractivity contribution in [2.75, 3.05) is 33.7 Å². The Bertz CT molecular complexity index is 1300. The van der Waals surface area contributed by atoms with Crippen molar-refractivity contribution in [1.82, 2.24) is 29.4 Å². The third-order valence-electron chi connectivity index (χ3n) is 6.53. The summed E-state index contributed by atoms with van der Waals surface area (Å²) in [7, 11) is 4.30. The molecular weight excluding hydrogens is 400 g/mol. The molecule has 7 heteroatoms. The van der Waals surface area contributed by atoms with Gasteiger partial charge in [-0.2, -0.15) is 0 Å². The van der Waals surface area contributed by atoms with E-state index in [1.54, 1.807) is 4.57 Å². The number of carbonyl (C=O) groups excluding carboxylic acids is 1. The summed E-state index contributed by atoms with van der Waals surface area (Å²) in [6, 6.07) is 14.7. The first-order valence-corrected chi connectivity index (χ1v) is 11.0. The van der Waals surface area contributed by atoms with Crippen LogP contribution in [0.2, 0.25) is 0 Å². The van der Waals surface area contributed by atoms with Crippen LogP contribution >= 0.6 is 0 Å². The molecule has 1 unspecified atom stereocenters. The molecule has 2 aromatic carbocycles. The molecule has 0 saturated carbocycles. The Kier molecular flexibility index (Phi) is 5.36. The van der Waals surface area contributed by atoms with Crippen molar-refractivity contribution < 1.29 is 4.79 Å². The average Bonchev–Trinajstić information content (AvgIpc) is 3.54. The summed E-state index contributed by atoms with van der Waals surface area (Å²) in [6.07, 6.45) is 4.56. The van der Waals surface area contributed by atoms with E-state index < -0.39 is 0 Å². The number of para-hydroxylation sites is 1. The van der Waals surface area contributed by atoms with E-state index in [-0.39, 0.29) is 5.91 Å². The van der Waals surface area contributed by atoms with Gasteiger partial charge in [0.15, 0.2) is 0 Å². The number of aromatic nitrogens is 4. The molecule has 1 aliphatic heterocycles. The zero-order valence-corrected chi connectivity index (χ0v) is 18.6. The van der Waals surface area contributed by atoms with Crippen LogP contribution in [-0.4, -0.2) is 75.0 Å².